The number of nitrogens with two attached hydrogens (primary N) is 2. The fourth-order valence-corrected chi connectivity index (χ4v) is 6.75. The highest BCUT2D eigenvalue weighted by Crippen LogP contribution is 2.41. The number of carbonyl (C=O) groups is 3. The summed E-state index contributed by atoms with van der Waals surface area (Å²) in [7, 11) is 4.75. The van der Waals surface area contributed by atoms with Gasteiger partial charge in [0.2, 0.25) is 17.7 Å². The molecular formula is C32H62N8O3S4. The second kappa shape index (κ2) is 26.6. The highest BCUT2D eigenvalue weighted by Gasteiger charge is 2.23. The minimum atomic E-state index is -0.411. The van der Waals surface area contributed by atoms with Crippen LogP contribution in [0.15, 0.2) is 29.4 Å². The van der Waals surface area contributed by atoms with Gasteiger partial charge in [0.1, 0.15) is 5.03 Å². The highest BCUT2D eigenvalue weighted by molar-refractivity contribution is 8.77. The van der Waals surface area contributed by atoms with Crippen LogP contribution in [0.2, 0.25) is 0 Å². The summed E-state index contributed by atoms with van der Waals surface area (Å²) >= 11 is 4.20. The molecule has 0 spiro atoms. The fraction of sp³-hybridized carbons (Fsp3) is 0.750. The van der Waals surface area contributed by atoms with Crippen molar-refractivity contribution in [2.75, 3.05) is 38.6 Å². The maximum atomic E-state index is 12.9. The standard InChI is InChI=1S/C28H50N6O3S4.C4H12N2/c1-21(2)10-16-34-27(3,4)19-24(36)33-20-32-23(35)11-15-29-22(12-18-39-38)26(37)31-17-13-28(5,6)41-40-25-9-7-8-14-30-25;1-4(6)2-3-5/h7-9,14,21-22,29,34,38H,10-13,15-20H2,1-6H3,(H,31,37)(H,32,35)(H,33,36);4H,2-3,5-6H2,1H3. The predicted octanol–water partition coefficient (Wildman–Crippen LogP) is 4.10. The van der Waals surface area contributed by atoms with Gasteiger partial charge in [-0.2, -0.15) is 0 Å². The molecule has 11 nitrogen and oxygen atoms in total. The molecule has 2 atom stereocenters. The number of thiol groups is 1. The van der Waals surface area contributed by atoms with Gasteiger partial charge in [0.15, 0.2) is 0 Å². The molecule has 1 aromatic heterocycles. The number of aromatic nitrogens is 1. The first kappa shape index (κ1) is 45.8. The number of pyridine rings is 1. The Kier molecular flexibility index (Phi) is 26.0. The molecule has 2 unspecified atom stereocenters. The van der Waals surface area contributed by atoms with E-state index in [4.69, 9.17) is 11.5 Å². The Morgan fingerprint density at radius 3 is 2.23 bits per heavy atom. The molecule has 15 heteroatoms. The summed E-state index contributed by atoms with van der Waals surface area (Å²) in [4.78, 5) is 41.8. The Hall–Kier alpha value is -1.20. The zero-order valence-electron chi connectivity index (χ0n) is 29.5. The Balaban J connectivity index is 0.00000320. The third kappa shape index (κ3) is 27.3. The third-order valence-corrected chi connectivity index (χ3v) is 10.9. The molecule has 0 radical (unpaired) electrons. The van der Waals surface area contributed by atoms with Crippen LogP contribution < -0.4 is 38.1 Å². The van der Waals surface area contributed by atoms with Crippen LogP contribution in [0.25, 0.3) is 0 Å². The molecule has 0 aromatic carbocycles. The summed E-state index contributed by atoms with van der Waals surface area (Å²) in [6.45, 7) is 17.1. The SMILES string of the molecule is CC(C)CCNC(C)(C)CC(=O)NCNC(=O)CCNC(CCSS)C(=O)NCCC(C)(C)SSc1ccccn1.CC(N)CCN. The third-order valence-electron chi connectivity index (χ3n) is 6.69. The molecule has 0 saturated heterocycles. The second-order valence-electron chi connectivity index (χ2n) is 13.1. The van der Waals surface area contributed by atoms with Crippen molar-refractivity contribution in [3.05, 3.63) is 24.4 Å². The van der Waals surface area contributed by atoms with Gasteiger partial charge in [-0.3, -0.25) is 14.4 Å². The lowest BCUT2D eigenvalue weighted by atomic mass is 9.99. The van der Waals surface area contributed by atoms with E-state index in [1.807, 2.05) is 39.0 Å². The van der Waals surface area contributed by atoms with E-state index in [0.29, 0.717) is 44.1 Å². The number of carbonyl (C=O) groups excluding carboxylic acids is 3. The van der Waals surface area contributed by atoms with E-state index in [1.165, 1.54) is 10.8 Å². The molecule has 3 amide bonds. The van der Waals surface area contributed by atoms with E-state index < -0.39 is 6.04 Å². The van der Waals surface area contributed by atoms with Crippen LogP contribution >= 0.6 is 44.0 Å². The molecule has 0 saturated carbocycles. The maximum Gasteiger partial charge on any atom is 0.237 e. The van der Waals surface area contributed by atoms with Crippen molar-refractivity contribution in [3.8, 4) is 0 Å². The number of amides is 3. The molecule has 1 heterocycles. The molecular weight excluding hydrogens is 673 g/mol. The minimum Gasteiger partial charge on any atom is -0.355 e. The summed E-state index contributed by atoms with van der Waals surface area (Å²) < 4.78 is -0.0487. The summed E-state index contributed by atoms with van der Waals surface area (Å²) in [5.74, 6) is 0.912. The van der Waals surface area contributed by atoms with Crippen molar-refractivity contribution in [3.63, 3.8) is 0 Å². The molecule has 9 N–H and O–H groups in total. The lowest BCUT2D eigenvalue weighted by Crippen LogP contribution is -2.47. The molecule has 1 aromatic rings. The van der Waals surface area contributed by atoms with Crippen molar-refractivity contribution in [1.29, 1.82) is 0 Å². The highest BCUT2D eigenvalue weighted by atomic mass is 33.1. The van der Waals surface area contributed by atoms with Crippen LogP contribution in [0.4, 0.5) is 0 Å². The van der Waals surface area contributed by atoms with E-state index in [0.717, 1.165) is 30.8 Å². The van der Waals surface area contributed by atoms with E-state index in [9.17, 15) is 14.4 Å². The van der Waals surface area contributed by atoms with Gasteiger partial charge in [0.25, 0.3) is 0 Å². The van der Waals surface area contributed by atoms with E-state index in [2.05, 4.69) is 70.9 Å². The molecule has 272 valence electrons. The largest absolute Gasteiger partial charge is 0.355 e. The summed E-state index contributed by atoms with van der Waals surface area (Å²) in [5.41, 5.74) is 10.2. The van der Waals surface area contributed by atoms with E-state index >= 15 is 0 Å². The average molecular weight is 735 g/mol. The van der Waals surface area contributed by atoms with Gasteiger partial charge < -0.3 is 38.1 Å². The van der Waals surface area contributed by atoms with Crippen LogP contribution in [-0.2, 0) is 14.4 Å². The first-order valence-electron chi connectivity index (χ1n) is 16.4. The molecule has 0 aliphatic carbocycles. The number of hydrogen-bond acceptors (Lipinski definition) is 12. The van der Waals surface area contributed by atoms with Crippen molar-refractivity contribution in [2.24, 2.45) is 17.4 Å². The normalized spacial score (nSPS) is 12.9. The van der Waals surface area contributed by atoms with Gasteiger partial charge in [0, 0.05) is 54.2 Å². The number of nitrogens with one attached hydrogen (secondary N) is 5. The Morgan fingerprint density at radius 1 is 0.957 bits per heavy atom. The van der Waals surface area contributed by atoms with Gasteiger partial charge in [-0.25, -0.2) is 4.98 Å². The van der Waals surface area contributed by atoms with Crippen LogP contribution in [0, 0.1) is 5.92 Å². The molecule has 0 bridgehead atoms. The average Bonchev–Trinajstić information content (AvgIpc) is 2.98. The first-order chi connectivity index (χ1) is 22.1. The lowest BCUT2D eigenvalue weighted by Gasteiger charge is -2.26. The fourth-order valence-electron chi connectivity index (χ4n) is 3.88. The van der Waals surface area contributed by atoms with Gasteiger partial charge >= 0.3 is 0 Å². The summed E-state index contributed by atoms with van der Waals surface area (Å²) in [6, 6.07) is 5.71. The van der Waals surface area contributed by atoms with Crippen molar-refractivity contribution in [1.82, 2.24) is 31.6 Å². The minimum absolute atomic E-state index is 0.0487. The summed E-state index contributed by atoms with van der Waals surface area (Å²) in [5, 5.41) is 16.1. The van der Waals surface area contributed by atoms with Crippen molar-refractivity contribution in [2.45, 2.75) is 114 Å². The summed E-state index contributed by atoms with van der Waals surface area (Å²) in [6.07, 6.45) is 5.69. The van der Waals surface area contributed by atoms with Crippen LogP contribution in [0.1, 0.15) is 87.0 Å². The number of hydrogen-bond donors (Lipinski definition) is 8. The van der Waals surface area contributed by atoms with Gasteiger partial charge in [-0.05, 0) is 102 Å². The van der Waals surface area contributed by atoms with Gasteiger partial charge in [-0.1, -0.05) is 41.5 Å². The maximum absolute atomic E-state index is 12.9. The van der Waals surface area contributed by atoms with Crippen LogP contribution in [-0.4, -0.2) is 83.7 Å². The number of nitrogens with zero attached hydrogens (tertiary/aromatic N) is 1. The Labute approximate surface area is 301 Å². The lowest BCUT2D eigenvalue weighted by molar-refractivity contribution is -0.125. The molecule has 0 aliphatic heterocycles. The zero-order chi connectivity index (χ0) is 35.7. The van der Waals surface area contributed by atoms with Crippen LogP contribution in [0.5, 0.6) is 0 Å². The van der Waals surface area contributed by atoms with Gasteiger partial charge in [0.05, 0.1) is 12.7 Å². The molecule has 47 heavy (non-hydrogen) atoms. The Morgan fingerprint density at radius 2 is 1.66 bits per heavy atom. The van der Waals surface area contributed by atoms with Gasteiger partial charge in [-0.15, -0.1) is 11.7 Å². The van der Waals surface area contributed by atoms with Crippen LogP contribution in [0.3, 0.4) is 0 Å². The monoisotopic (exact) mass is 734 g/mol. The smallest absolute Gasteiger partial charge is 0.237 e. The molecule has 1 rings (SSSR count). The molecule has 0 aliphatic rings. The number of rotatable bonds is 24. The van der Waals surface area contributed by atoms with E-state index in [1.54, 1.807) is 27.8 Å². The van der Waals surface area contributed by atoms with E-state index in [-0.39, 0.29) is 47.1 Å². The topological polar surface area (TPSA) is 176 Å². The van der Waals surface area contributed by atoms with Crippen molar-refractivity contribution < 1.29 is 14.4 Å². The zero-order valence-corrected chi connectivity index (χ0v) is 32.9. The predicted molar refractivity (Wildman–Crippen MR) is 206 cm³/mol. The van der Waals surface area contributed by atoms with Crippen molar-refractivity contribution >= 4 is 61.8 Å². The first-order valence-corrected chi connectivity index (χ1v) is 20.6. The second-order valence-corrected chi connectivity index (χ2v) is 17.4. The molecule has 0 fully saturated rings. The Bertz CT molecular complexity index is 988. The quantitative estimate of drug-likeness (QED) is 0.0436.